The molecule has 2 rings (SSSR count). The number of aryl methyl sites for hydroxylation is 2. The van der Waals surface area contributed by atoms with E-state index in [1.807, 2.05) is 13.8 Å². The molecule has 0 spiro atoms. The third-order valence-electron chi connectivity index (χ3n) is 4.49. The second-order valence-electron chi connectivity index (χ2n) is 6.89. The Hall–Kier alpha value is -2.34. The third-order valence-corrected chi connectivity index (χ3v) is 5.48. The van der Waals surface area contributed by atoms with Crippen molar-refractivity contribution in [2.45, 2.75) is 39.1 Å². The van der Waals surface area contributed by atoms with Crippen molar-refractivity contribution in [2.75, 3.05) is 12.8 Å². The number of halogens is 1. The fourth-order valence-corrected chi connectivity index (χ4v) is 3.94. The van der Waals surface area contributed by atoms with Crippen LogP contribution in [-0.2, 0) is 21.9 Å². The van der Waals surface area contributed by atoms with E-state index in [0.29, 0.717) is 11.3 Å². The molecule has 2 aromatic carbocycles. The highest BCUT2D eigenvalue weighted by atomic mass is 32.2. The van der Waals surface area contributed by atoms with Gasteiger partial charge in [-0.2, -0.15) is 0 Å². The smallest absolute Gasteiger partial charge is 0.242 e. The van der Waals surface area contributed by atoms with Gasteiger partial charge in [-0.25, -0.2) is 4.39 Å². The zero-order valence-electron chi connectivity index (χ0n) is 16.8. The van der Waals surface area contributed by atoms with Gasteiger partial charge in [-0.1, -0.05) is 47.5 Å². The molecular weight excluding hydrogens is 375 g/mol. The molecule has 0 saturated carbocycles. The van der Waals surface area contributed by atoms with Gasteiger partial charge in [0.25, 0.3) is 0 Å². The maximum Gasteiger partial charge on any atom is 0.242 e. The monoisotopic (exact) mass is 402 g/mol. The number of thioether (sulfide) groups is 1. The van der Waals surface area contributed by atoms with Crippen LogP contribution in [-0.4, -0.2) is 35.6 Å². The molecule has 0 aliphatic carbocycles. The minimum atomic E-state index is -0.682. The number of nitrogens with zero attached hydrogens (tertiary/aromatic N) is 1. The molecule has 1 atom stereocenters. The topological polar surface area (TPSA) is 49.4 Å². The number of carbonyl (C=O) groups excluding carboxylic acids is 2. The first-order chi connectivity index (χ1) is 13.3. The number of benzene rings is 2. The summed E-state index contributed by atoms with van der Waals surface area (Å²) in [6.07, 6.45) is 0. The Bertz CT molecular complexity index is 821. The SMILES string of the molecule is CNC(=O)[C@@H](C)N(Cc1ccccc1F)C(=O)CSCc1cc(C)cc(C)c1. The lowest BCUT2D eigenvalue weighted by molar-refractivity contribution is -0.138. The molecule has 0 aliphatic heterocycles. The molecule has 0 aromatic heterocycles. The second-order valence-corrected chi connectivity index (χ2v) is 7.88. The van der Waals surface area contributed by atoms with Crippen LogP contribution >= 0.6 is 11.8 Å². The number of hydrogen-bond donors (Lipinski definition) is 1. The van der Waals surface area contributed by atoms with E-state index in [2.05, 4.69) is 23.5 Å². The average Bonchev–Trinajstić information content (AvgIpc) is 2.65. The predicted molar refractivity (Wildman–Crippen MR) is 113 cm³/mol. The summed E-state index contributed by atoms with van der Waals surface area (Å²) in [5.74, 6) is 0.0869. The molecule has 0 radical (unpaired) electrons. The van der Waals surface area contributed by atoms with E-state index in [9.17, 15) is 14.0 Å². The fourth-order valence-electron chi connectivity index (χ4n) is 3.09. The quantitative estimate of drug-likeness (QED) is 0.730. The van der Waals surface area contributed by atoms with Gasteiger partial charge in [0, 0.05) is 24.9 Å². The summed E-state index contributed by atoms with van der Waals surface area (Å²) < 4.78 is 14.1. The van der Waals surface area contributed by atoms with E-state index < -0.39 is 6.04 Å². The second kappa shape index (κ2) is 10.3. The molecular formula is C22H27FN2O2S. The third kappa shape index (κ3) is 6.09. The van der Waals surface area contributed by atoms with E-state index in [1.54, 1.807) is 25.1 Å². The van der Waals surface area contributed by atoms with Crippen molar-refractivity contribution in [3.63, 3.8) is 0 Å². The molecule has 1 N–H and O–H groups in total. The van der Waals surface area contributed by atoms with Gasteiger partial charge in [-0.3, -0.25) is 9.59 Å². The minimum Gasteiger partial charge on any atom is -0.357 e. The van der Waals surface area contributed by atoms with Crippen molar-refractivity contribution >= 4 is 23.6 Å². The molecule has 0 aliphatic rings. The summed E-state index contributed by atoms with van der Waals surface area (Å²) >= 11 is 1.50. The zero-order valence-corrected chi connectivity index (χ0v) is 17.6. The van der Waals surface area contributed by atoms with Gasteiger partial charge < -0.3 is 10.2 Å². The molecule has 0 heterocycles. The summed E-state index contributed by atoms with van der Waals surface area (Å²) in [5, 5.41) is 2.56. The van der Waals surface area contributed by atoms with Crippen molar-refractivity contribution in [3.8, 4) is 0 Å². The number of likely N-dealkylation sites (N-methyl/N-ethyl adjacent to an activating group) is 1. The van der Waals surface area contributed by atoms with Gasteiger partial charge >= 0.3 is 0 Å². The average molecular weight is 403 g/mol. The maximum atomic E-state index is 14.1. The zero-order chi connectivity index (χ0) is 20.7. The first-order valence-corrected chi connectivity index (χ1v) is 10.4. The molecule has 6 heteroatoms. The van der Waals surface area contributed by atoms with Gasteiger partial charge in [-0.15, -0.1) is 11.8 Å². The number of carbonyl (C=O) groups is 2. The van der Waals surface area contributed by atoms with Crippen molar-refractivity contribution in [1.82, 2.24) is 10.2 Å². The minimum absolute atomic E-state index is 0.0597. The van der Waals surface area contributed by atoms with E-state index >= 15 is 0 Å². The first kappa shape index (κ1) is 22.0. The molecule has 2 amide bonds. The van der Waals surface area contributed by atoms with Crippen LogP contribution in [0, 0.1) is 19.7 Å². The van der Waals surface area contributed by atoms with Crippen LogP contribution in [0.15, 0.2) is 42.5 Å². The Morgan fingerprint density at radius 3 is 2.39 bits per heavy atom. The molecule has 0 fully saturated rings. The van der Waals surface area contributed by atoms with Crippen molar-refractivity contribution < 1.29 is 14.0 Å². The van der Waals surface area contributed by atoms with Crippen molar-refractivity contribution in [2.24, 2.45) is 0 Å². The molecule has 2 aromatic rings. The van der Waals surface area contributed by atoms with Crippen molar-refractivity contribution in [3.05, 3.63) is 70.5 Å². The van der Waals surface area contributed by atoms with E-state index in [4.69, 9.17) is 0 Å². The predicted octanol–water partition coefficient (Wildman–Crippen LogP) is 3.84. The standard InChI is InChI=1S/C22H27FN2O2S/c1-15-9-16(2)11-18(10-15)13-28-14-21(26)25(17(3)22(27)24-4)12-19-7-5-6-8-20(19)23/h5-11,17H,12-14H2,1-4H3,(H,24,27)/t17-/m1/s1. The number of amides is 2. The molecule has 28 heavy (non-hydrogen) atoms. The highest BCUT2D eigenvalue weighted by Crippen LogP contribution is 2.18. The number of rotatable bonds is 8. The maximum absolute atomic E-state index is 14.1. The van der Waals surface area contributed by atoms with Crippen LogP contribution < -0.4 is 5.32 Å². The summed E-state index contributed by atoms with van der Waals surface area (Å²) in [5.41, 5.74) is 3.94. The van der Waals surface area contributed by atoms with E-state index in [0.717, 1.165) is 5.56 Å². The summed E-state index contributed by atoms with van der Waals surface area (Å²) in [6, 6.07) is 12.0. The Balaban J connectivity index is 2.07. The Kier molecular flexibility index (Phi) is 8.05. The largest absolute Gasteiger partial charge is 0.357 e. The van der Waals surface area contributed by atoms with Gasteiger partial charge in [0.1, 0.15) is 11.9 Å². The van der Waals surface area contributed by atoms with Crippen molar-refractivity contribution in [1.29, 1.82) is 0 Å². The van der Waals surface area contributed by atoms with Gasteiger partial charge in [0.05, 0.1) is 5.75 Å². The number of hydrogen-bond acceptors (Lipinski definition) is 3. The summed E-state index contributed by atoms with van der Waals surface area (Å²) in [7, 11) is 1.53. The highest BCUT2D eigenvalue weighted by molar-refractivity contribution is 7.99. The van der Waals surface area contributed by atoms with Crippen LogP contribution in [0.4, 0.5) is 4.39 Å². The Morgan fingerprint density at radius 1 is 1.14 bits per heavy atom. The summed E-state index contributed by atoms with van der Waals surface area (Å²) in [4.78, 5) is 26.4. The first-order valence-electron chi connectivity index (χ1n) is 9.21. The molecule has 0 unspecified atom stereocenters. The lowest BCUT2D eigenvalue weighted by atomic mass is 10.1. The van der Waals surface area contributed by atoms with E-state index in [1.165, 1.54) is 40.9 Å². The molecule has 0 saturated heterocycles. The van der Waals surface area contributed by atoms with Crippen LogP contribution in [0.2, 0.25) is 0 Å². The van der Waals surface area contributed by atoms with Crippen LogP contribution in [0.5, 0.6) is 0 Å². The fraction of sp³-hybridized carbons (Fsp3) is 0.364. The Morgan fingerprint density at radius 2 is 1.79 bits per heavy atom. The van der Waals surface area contributed by atoms with E-state index in [-0.39, 0.29) is 29.9 Å². The molecule has 150 valence electrons. The molecule has 4 nitrogen and oxygen atoms in total. The Labute approximate surface area is 170 Å². The van der Waals surface area contributed by atoms with Crippen LogP contribution in [0.1, 0.15) is 29.2 Å². The van der Waals surface area contributed by atoms with Crippen LogP contribution in [0.25, 0.3) is 0 Å². The lowest BCUT2D eigenvalue weighted by Crippen LogP contribution is -2.47. The lowest BCUT2D eigenvalue weighted by Gasteiger charge is -2.28. The van der Waals surface area contributed by atoms with Crippen LogP contribution in [0.3, 0.4) is 0 Å². The van der Waals surface area contributed by atoms with Gasteiger partial charge in [0.2, 0.25) is 11.8 Å². The highest BCUT2D eigenvalue weighted by Gasteiger charge is 2.26. The molecule has 0 bridgehead atoms. The van der Waals surface area contributed by atoms with Gasteiger partial charge in [-0.05, 0) is 32.4 Å². The normalized spacial score (nSPS) is 11.8. The summed E-state index contributed by atoms with van der Waals surface area (Å²) in [6.45, 7) is 5.82. The van der Waals surface area contributed by atoms with Gasteiger partial charge in [0.15, 0.2) is 0 Å². The number of nitrogens with one attached hydrogen (secondary N) is 1.